The van der Waals surface area contributed by atoms with E-state index >= 15 is 0 Å². The van der Waals surface area contributed by atoms with Crippen molar-refractivity contribution >= 4 is 15.9 Å². The van der Waals surface area contributed by atoms with Crippen molar-refractivity contribution in [3.05, 3.63) is 145 Å². The first-order valence-electron chi connectivity index (χ1n) is 12.8. The Morgan fingerprint density at radius 1 is 0.465 bits per heavy atom. The maximum atomic E-state index is 4.36. The zero-order valence-corrected chi connectivity index (χ0v) is 25.9. The molecule has 0 amide bonds. The number of halogens is 1. The molecule has 0 N–H and O–H groups in total. The van der Waals surface area contributed by atoms with Gasteiger partial charge < -0.3 is 0 Å². The van der Waals surface area contributed by atoms with Crippen molar-refractivity contribution in [3.8, 4) is 34.2 Å². The predicted molar refractivity (Wildman–Crippen MR) is 178 cm³/mol. The van der Waals surface area contributed by atoms with Crippen LogP contribution in [0.1, 0.15) is 26.0 Å². The maximum absolute atomic E-state index is 4.36. The summed E-state index contributed by atoms with van der Waals surface area (Å²) >= 11 is 3.44. The molecule has 0 bridgehead atoms. The van der Waals surface area contributed by atoms with Crippen LogP contribution < -0.4 is 0 Å². The zero-order chi connectivity index (χ0) is 27.8. The van der Waals surface area contributed by atoms with Crippen molar-refractivity contribution in [2.45, 2.75) is 28.2 Å². The number of aromatic nitrogens is 6. The van der Waals surface area contributed by atoms with E-state index in [-0.39, 0.29) is 34.3 Å². The van der Waals surface area contributed by atoms with Gasteiger partial charge in [0.1, 0.15) is 0 Å². The average Bonchev–Trinajstić information content (AvgIpc) is 3.04. The smallest absolute Gasteiger partial charge is 0.0888 e. The standard InChI is InChI=1S/C13H13BrN2.2C10H8N2.2CH4.Ru/c1-10-3-6-15-12(8-10)13-9-11(2-5-14)4-7-16-13;2*1-3-7-11-9(5-1)10-6-2-4-8-12-10;;;/h3-4,6-9H,2,5H2,1H3;2*1-8H;2*1H4;. The van der Waals surface area contributed by atoms with Crippen molar-refractivity contribution in [2.24, 2.45) is 0 Å². The number of pyridine rings is 6. The van der Waals surface area contributed by atoms with Crippen LogP contribution in [0.25, 0.3) is 34.2 Å². The van der Waals surface area contributed by atoms with Gasteiger partial charge in [0.25, 0.3) is 0 Å². The van der Waals surface area contributed by atoms with E-state index in [1.807, 2.05) is 97.3 Å². The van der Waals surface area contributed by atoms with Crippen LogP contribution in [0, 0.1) is 6.92 Å². The van der Waals surface area contributed by atoms with E-state index in [0.29, 0.717) is 0 Å². The molecule has 0 aromatic carbocycles. The van der Waals surface area contributed by atoms with Crippen molar-refractivity contribution < 1.29 is 19.5 Å². The summed E-state index contributed by atoms with van der Waals surface area (Å²) in [5.41, 5.74) is 8.04. The van der Waals surface area contributed by atoms with Gasteiger partial charge in [0.2, 0.25) is 0 Å². The number of hydrogen-bond acceptors (Lipinski definition) is 6. The molecular formula is C35H37BrN6Ru. The topological polar surface area (TPSA) is 77.3 Å². The van der Waals surface area contributed by atoms with Crippen LogP contribution in [0.5, 0.6) is 0 Å². The molecule has 0 saturated carbocycles. The number of nitrogens with zero attached hydrogens (tertiary/aromatic N) is 6. The van der Waals surface area contributed by atoms with Gasteiger partial charge in [-0.2, -0.15) is 0 Å². The van der Waals surface area contributed by atoms with Gasteiger partial charge >= 0.3 is 0 Å². The molecule has 0 aliphatic rings. The molecule has 0 radical (unpaired) electrons. The van der Waals surface area contributed by atoms with Gasteiger partial charge in [0, 0.05) is 62.0 Å². The summed E-state index contributed by atoms with van der Waals surface area (Å²) in [5, 5.41) is 0.970. The summed E-state index contributed by atoms with van der Waals surface area (Å²) < 4.78 is 0. The van der Waals surface area contributed by atoms with Gasteiger partial charge in [-0.25, -0.2) is 0 Å². The second kappa shape index (κ2) is 20.8. The third kappa shape index (κ3) is 12.4. The molecule has 0 aliphatic heterocycles. The number of alkyl halides is 1. The Hall–Kier alpha value is -4.00. The van der Waals surface area contributed by atoms with Crippen LogP contribution in [-0.4, -0.2) is 35.2 Å². The first kappa shape index (κ1) is 37.0. The normalized spacial score (nSPS) is 9.26. The number of aryl methyl sites for hydroxylation is 2. The van der Waals surface area contributed by atoms with E-state index in [1.165, 1.54) is 11.1 Å². The largest absolute Gasteiger partial charge is 0.255 e. The van der Waals surface area contributed by atoms with Gasteiger partial charge in [-0.1, -0.05) is 55.0 Å². The average molecular weight is 723 g/mol. The summed E-state index contributed by atoms with van der Waals surface area (Å²) in [6, 6.07) is 31.4. The van der Waals surface area contributed by atoms with Crippen molar-refractivity contribution in [3.63, 3.8) is 0 Å². The Morgan fingerprint density at radius 3 is 1.19 bits per heavy atom. The van der Waals surface area contributed by atoms with Crippen molar-refractivity contribution in [2.75, 3.05) is 5.33 Å². The molecule has 0 spiro atoms. The third-order valence-corrected chi connectivity index (χ3v) is 5.97. The van der Waals surface area contributed by atoms with Gasteiger partial charge in [-0.15, -0.1) is 0 Å². The van der Waals surface area contributed by atoms with Crippen molar-refractivity contribution in [1.82, 2.24) is 29.9 Å². The molecule has 0 saturated heterocycles. The Balaban J connectivity index is 0.000000316. The zero-order valence-electron chi connectivity index (χ0n) is 22.5. The first-order chi connectivity index (χ1) is 19.7. The fraction of sp³-hybridized carbons (Fsp3) is 0.143. The first-order valence-corrected chi connectivity index (χ1v) is 13.9. The molecule has 6 rings (SSSR count). The summed E-state index contributed by atoms with van der Waals surface area (Å²) in [7, 11) is 0. The molecule has 6 aromatic heterocycles. The van der Waals surface area contributed by atoms with Crippen molar-refractivity contribution in [1.29, 1.82) is 0 Å². The number of rotatable bonds is 5. The van der Waals surface area contributed by atoms with E-state index in [2.05, 4.69) is 64.9 Å². The predicted octanol–water partition coefficient (Wildman–Crippen LogP) is 8.95. The van der Waals surface area contributed by atoms with Gasteiger partial charge in [-0.3, -0.25) is 29.9 Å². The molecule has 222 valence electrons. The summed E-state index contributed by atoms with van der Waals surface area (Å²) in [5.74, 6) is 0. The van der Waals surface area contributed by atoms with E-state index < -0.39 is 0 Å². The maximum Gasteiger partial charge on any atom is 0.0888 e. The Labute approximate surface area is 277 Å². The Morgan fingerprint density at radius 2 is 0.837 bits per heavy atom. The molecule has 6 aromatic rings. The van der Waals surface area contributed by atoms with E-state index in [9.17, 15) is 0 Å². The van der Waals surface area contributed by atoms with Crippen LogP contribution in [0.2, 0.25) is 0 Å². The van der Waals surface area contributed by atoms with Gasteiger partial charge in [0.15, 0.2) is 0 Å². The fourth-order valence-electron chi connectivity index (χ4n) is 3.61. The molecule has 6 heterocycles. The quantitative estimate of drug-likeness (QED) is 0.131. The van der Waals surface area contributed by atoms with Crippen LogP contribution in [0.4, 0.5) is 0 Å². The second-order valence-corrected chi connectivity index (χ2v) is 9.36. The second-order valence-electron chi connectivity index (χ2n) is 8.57. The van der Waals surface area contributed by atoms with Gasteiger partial charge in [-0.05, 0) is 97.3 Å². The molecule has 0 atom stereocenters. The SMILES string of the molecule is C.C.Cc1ccnc(-c2cc(CCBr)ccn2)c1.[Ru].c1ccc(-c2ccccn2)nc1.c1ccc(-c2ccccn2)nc1. The third-order valence-electron chi connectivity index (χ3n) is 5.57. The minimum Gasteiger partial charge on any atom is -0.255 e. The summed E-state index contributed by atoms with van der Waals surface area (Å²) in [6.45, 7) is 2.06. The minimum atomic E-state index is 0. The molecule has 0 unspecified atom stereocenters. The van der Waals surface area contributed by atoms with Gasteiger partial charge in [0.05, 0.1) is 34.2 Å². The Kier molecular flexibility index (Phi) is 17.9. The molecule has 0 aliphatic carbocycles. The monoisotopic (exact) mass is 722 g/mol. The minimum absolute atomic E-state index is 0. The van der Waals surface area contributed by atoms with Crippen LogP contribution in [0.15, 0.2) is 134 Å². The molecule has 0 fully saturated rings. The molecule has 43 heavy (non-hydrogen) atoms. The van der Waals surface area contributed by atoms with E-state index in [1.54, 1.807) is 24.8 Å². The van der Waals surface area contributed by atoms with E-state index in [0.717, 1.165) is 45.9 Å². The van der Waals surface area contributed by atoms with Crippen LogP contribution in [-0.2, 0) is 25.9 Å². The molecule has 6 nitrogen and oxygen atoms in total. The van der Waals surface area contributed by atoms with Crippen LogP contribution in [0.3, 0.4) is 0 Å². The number of hydrogen-bond donors (Lipinski definition) is 0. The fourth-order valence-corrected chi connectivity index (χ4v) is 4.07. The summed E-state index contributed by atoms with van der Waals surface area (Å²) in [6.07, 6.45) is 11.8. The summed E-state index contributed by atoms with van der Waals surface area (Å²) in [4.78, 5) is 25.4. The van der Waals surface area contributed by atoms with E-state index in [4.69, 9.17) is 0 Å². The molecule has 8 heteroatoms. The molecular weight excluding hydrogens is 685 g/mol. The van der Waals surface area contributed by atoms with Crippen LogP contribution >= 0.6 is 15.9 Å². The Bertz CT molecular complexity index is 1410.